The second-order valence-electron chi connectivity index (χ2n) is 5.15. The highest BCUT2D eigenvalue weighted by molar-refractivity contribution is 5.95. The van der Waals surface area contributed by atoms with Crippen LogP contribution in [0.15, 0.2) is 11.2 Å². The largest absolute Gasteiger partial charge is 0.409 e. The summed E-state index contributed by atoms with van der Waals surface area (Å²) in [6, 6.07) is 1.70. The summed E-state index contributed by atoms with van der Waals surface area (Å²) in [7, 11) is 1.96. The lowest BCUT2D eigenvalue weighted by Crippen LogP contribution is -2.32. The SMILES string of the molecule is Cc1cc(/C(N)=N/O)nc(N(C)CCN2CCCC2)n1. The maximum Gasteiger partial charge on any atom is 0.226 e. The number of rotatable bonds is 5. The van der Waals surface area contributed by atoms with Crippen molar-refractivity contribution in [3.8, 4) is 0 Å². The van der Waals surface area contributed by atoms with Crippen LogP contribution in [0.5, 0.6) is 0 Å². The predicted molar refractivity (Wildman–Crippen MR) is 78.2 cm³/mol. The minimum Gasteiger partial charge on any atom is -0.409 e. The van der Waals surface area contributed by atoms with Crippen molar-refractivity contribution >= 4 is 11.8 Å². The average Bonchev–Trinajstić information content (AvgIpc) is 2.96. The first kappa shape index (κ1) is 14.5. The molecule has 0 aromatic carbocycles. The number of amidine groups is 1. The van der Waals surface area contributed by atoms with Crippen LogP contribution in [0.3, 0.4) is 0 Å². The lowest BCUT2D eigenvalue weighted by molar-refractivity contribution is 0.318. The van der Waals surface area contributed by atoms with E-state index in [9.17, 15) is 0 Å². The number of nitrogens with two attached hydrogens (primary N) is 1. The van der Waals surface area contributed by atoms with Gasteiger partial charge in [-0.25, -0.2) is 9.97 Å². The van der Waals surface area contributed by atoms with E-state index in [1.807, 2.05) is 18.9 Å². The fourth-order valence-corrected chi connectivity index (χ4v) is 2.30. The Hall–Kier alpha value is -1.89. The van der Waals surface area contributed by atoms with E-state index in [2.05, 4.69) is 20.0 Å². The summed E-state index contributed by atoms with van der Waals surface area (Å²) >= 11 is 0. The quantitative estimate of drug-likeness (QED) is 0.351. The van der Waals surface area contributed by atoms with Crippen molar-refractivity contribution in [2.24, 2.45) is 10.9 Å². The van der Waals surface area contributed by atoms with Crippen LogP contribution in [0.1, 0.15) is 24.2 Å². The topological polar surface area (TPSA) is 90.9 Å². The monoisotopic (exact) mass is 278 g/mol. The lowest BCUT2D eigenvalue weighted by Gasteiger charge is -2.22. The first-order valence-corrected chi connectivity index (χ1v) is 6.87. The first-order chi connectivity index (χ1) is 9.60. The van der Waals surface area contributed by atoms with E-state index in [0.717, 1.165) is 18.8 Å². The molecule has 0 amide bonds. The number of hydrogen-bond acceptors (Lipinski definition) is 6. The van der Waals surface area contributed by atoms with Crippen LogP contribution < -0.4 is 10.6 Å². The molecule has 0 unspecified atom stereocenters. The molecule has 1 aromatic heterocycles. The summed E-state index contributed by atoms with van der Waals surface area (Å²) in [5.74, 6) is 0.607. The Bertz CT molecular complexity index is 484. The average molecular weight is 278 g/mol. The first-order valence-electron chi connectivity index (χ1n) is 6.87. The maximum atomic E-state index is 8.74. The molecule has 0 bridgehead atoms. The molecular formula is C13H22N6O. The van der Waals surface area contributed by atoms with Crippen molar-refractivity contribution in [2.45, 2.75) is 19.8 Å². The zero-order valence-corrected chi connectivity index (χ0v) is 12.1. The Kier molecular flexibility index (Phi) is 4.73. The minimum absolute atomic E-state index is 0.00435. The van der Waals surface area contributed by atoms with Crippen molar-refractivity contribution in [3.63, 3.8) is 0 Å². The Balaban J connectivity index is 2.04. The Labute approximate surface area is 119 Å². The van der Waals surface area contributed by atoms with E-state index < -0.39 is 0 Å². The van der Waals surface area contributed by atoms with E-state index in [-0.39, 0.29) is 5.84 Å². The number of likely N-dealkylation sites (N-methyl/N-ethyl adjacent to an activating group) is 1. The van der Waals surface area contributed by atoms with Crippen LogP contribution in [0.2, 0.25) is 0 Å². The molecule has 2 heterocycles. The number of anilines is 1. The van der Waals surface area contributed by atoms with E-state index in [1.165, 1.54) is 25.9 Å². The molecule has 1 saturated heterocycles. The van der Waals surface area contributed by atoms with Gasteiger partial charge in [0.2, 0.25) is 5.95 Å². The van der Waals surface area contributed by atoms with Gasteiger partial charge < -0.3 is 20.7 Å². The van der Waals surface area contributed by atoms with Crippen LogP contribution in [-0.4, -0.2) is 59.1 Å². The predicted octanol–water partition coefficient (Wildman–Crippen LogP) is 0.412. The van der Waals surface area contributed by atoms with Gasteiger partial charge in [-0.1, -0.05) is 5.16 Å². The molecule has 0 radical (unpaired) electrons. The highest BCUT2D eigenvalue weighted by atomic mass is 16.4. The molecule has 1 aliphatic rings. The van der Waals surface area contributed by atoms with Gasteiger partial charge in [0, 0.05) is 25.8 Å². The number of hydrogen-bond donors (Lipinski definition) is 2. The molecule has 110 valence electrons. The van der Waals surface area contributed by atoms with Gasteiger partial charge in [-0.2, -0.15) is 0 Å². The third-order valence-electron chi connectivity index (χ3n) is 3.50. The molecule has 0 aliphatic carbocycles. The van der Waals surface area contributed by atoms with Gasteiger partial charge in [0.05, 0.1) is 0 Å². The molecule has 7 nitrogen and oxygen atoms in total. The van der Waals surface area contributed by atoms with Crippen LogP contribution >= 0.6 is 0 Å². The van der Waals surface area contributed by atoms with Crippen LogP contribution in [0, 0.1) is 6.92 Å². The van der Waals surface area contributed by atoms with E-state index in [1.54, 1.807) is 6.07 Å². The van der Waals surface area contributed by atoms with Gasteiger partial charge in [-0.15, -0.1) is 0 Å². The second-order valence-corrected chi connectivity index (χ2v) is 5.15. The number of likely N-dealkylation sites (tertiary alicyclic amines) is 1. The molecule has 20 heavy (non-hydrogen) atoms. The zero-order chi connectivity index (χ0) is 14.5. The number of aryl methyl sites for hydroxylation is 1. The number of aromatic nitrogens is 2. The standard InChI is InChI=1S/C13H22N6O/c1-10-9-11(12(14)17-20)16-13(15-10)18(2)7-8-19-5-3-4-6-19/h9,20H,3-8H2,1-2H3,(H2,14,17). The molecule has 1 aromatic rings. The van der Waals surface area contributed by atoms with E-state index >= 15 is 0 Å². The fraction of sp³-hybridized carbons (Fsp3) is 0.615. The maximum absolute atomic E-state index is 8.74. The lowest BCUT2D eigenvalue weighted by atomic mass is 10.3. The van der Waals surface area contributed by atoms with Crippen molar-refractivity contribution in [2.75, 3.05) is 38.1 Å². The van der Waals surface area contributed by atoms with Crippen molar-refractivity contribution in [1.29, 1.82) is 0 Å². The van der Waals surface area contributed by atoms with E-state index in [4.69, 9.17) is 10.9 Å². The third kappa shape index (κ3) is 3.57. The normalized spacial score (nSPS) is 16.6. The Morgan fingerprint density at radius 1 is 1.45 bits per heavy atom. The van der Waals surface area contributed by atoms with Crippen LogP contribution in [-0.2, 0) is 0 Å². The van der Waals surface area contributed by atoms with Crippen molar-refractivity contribution in [3.05, 3.63) is 17.5 Å². The molecule has 1 aliphatic heterocycles. The van der Waals surface area contributed by atoms with E-state index in [0.29, 0.717) is 11.6 Å². The summed E-state index contributed by atoms with van der Waals surface area (Å²) < 4.78 is 0. The third-order valence-corrected chi connectivity index (χ3v) is 3.50. The summed E-state index contributed by atoms with van der Waals surface area (Å²) in [4.78, 5) is 13.2. The second kappa shape index (κ2) is 6.51. The van der Waals surface area contributed by atoms with Gasteiger partial charge in [-0.05, 0) is 38.9 Å². The molecular weight excluding hydrogens is 256 g/mol. The highest BCUT2D eigenvalue weighted by Gasteiger charge is 2.14. The summed E-state index contributed by atoms with van der Waals surface area (Å²) in [5.41, 5.74) is 6.83. The molecule has 0 atom stereocenters. The summed E-state index contributed by atoms with van der Waals surface area (Å²) in [5, 5.41) is 11.7. The Morgan fingerprint density at radius 2 is 2.15 bits per heavy atom. The highest BCUT2D eigenvalue weighted by Crippen LogP contribution is 2.11. The van der Waals surface area contributed by atoms with Crippen molar-refractivity contribution < 1.29 is 5.21 Å². The number of oxime groups is 1. The van der Waals surface area contributed by atoms with Gasteiger partial charge in [0.25, 0.3) is 0 Å². The van der Waals surface area contributed by atoms with Crippen molar-refractivity contribution in [1.82, 2.24) is 14.9 Å². The fourth-order valence-electron chi connectivity index (χ4n) is 2.30. The molecule has 7 heteroatoms. The molecule has 0 saturated carbocycles. The molecule has 0 spiro atoms. The smallest absolute Gasteiger partial charge is 0.226 e. The van der Waals surface area contributed by atoms with Crippen LogP contribution in [0.4, 0.5) is 5.95 Å². The van der Waals surface area contributed by atoms with Gasteiger partial charge >= 0.3 is 0 Å². The number of nitrogens with zero attached hydrogens (tertiary/aromatic N) is 5. The molecule has 3 N–H and O–H groups in total. The molecule has 2 rings (SSSR count). The minimum atomic E-state index is 0.00435. The zero-order valence-electron chi connectivity index (χ0n) is 12.1. The Morgan fingerprint density at radius 3 is 2.80 bits per heavy atom. The summed E-state index contributed by atoms with van der Waals surface area (Å²) in [6.07, 6.45) is 2.58. The van der Waals surface area contributed by atoms with Gasteiger partial charge in [0.1, 0.15) is 5.69 Å². The van der Waals surface area contributed by atoms with Gasteiger partial charge in [0.15, 0.2) is 5.84 Å². The van der Waals surface area contributed by atoms with Gasteiger partial charge in [-0.3, -0.25) is 0 Å². The summed E-state index contributed by atoms with van der Waals surface area (Å²) in [6.45, 7) is 6.09. The van der Waals surface area contributed by atoms with Crippen LogP contribution in [0.25, 0.3) is 0 Å². The molecule has 1 fully saturated rings.